The highest BCUT2D eigenvalue weighted by Gasteiger charge is 2.34. The van der Waals surface area contributed by atoms with Gasteiger partial charge in [-0.25, -0.2) is 4.68 Å². The molecule has 2 aromatic carbocycles. The van der Waals surface area contributed by atoms with Crippen LogP contribution >= 0.6 is 0 Å². The van der Waals surface area contributed by atoms with Gasteiger partial charge in [0.1, 0.15) is 11.8 Å². The zero-order chi connectivity index (χ0) is 27.4. The van der Waals surface area contributed by atoms with Gasteiger partial charge in [-0.15, -0.1) is 5.10 Å². The molecule has 39 heavy (non-hydrogen) atoms. The third-order valence-electron chi connectivity index (χ3n) is 7.25. The highest BCUT2D eigenvalue weighted by atomic mass is 16.5. The molecule has 0 spiro atoms. The number of aromatic nitrogens is 6. The Morgan fingerprint density at radius 3 is 2.51 bits per heavy atom. The summed E-state index contributed by atoms with van der Waals surface area (Å²) in [6, 6.07) is 21.2. The van der Waals surface area contributed by atoms with E-state index in [0.29, 0.717) is 30.2 Å². The SMILES string of the molecule is CCC(C)(C)n1nnnc1C(c1cc2cc(OC)ccc2[nH]c1=O)N(Cc1ccccc1)Cc1cccnc1. The van der Waals surface area contributed by atoms with Crippen molar-refractivity contribution < 1.29 is 4.74 Å². The molecule has 9 nitrogen and oxygen atoms in total. The van der Waals surface area contributed by atoms with Crippen molar-refractivity contribution in [2.24, 2.45) is 0 Å². The maximum absolute atomic E-state index is 13.8. The molecule has 5 rings (SSSR count). The van der Waals surface area contributed by atoms with Crippen LogP contribution in [0.15, 0.2) is 83.9 Å². The summed E-state index contributed by atoms with van der Waals surface area (Å²) in [5.74, 6) is 1.32. The third kappa shape index (κ3) is 5.58. The number of nitrogens with zero attached hydrogens (tertiary/aromatic N) is 6. The molecule has 1 N–H and O–H groups in total. The number of methoxy groups -OCH3 is 1. The Kier molecular flexibility index (Phi) is 7.51. The highest BCUT2D eigenvalue weighted by Crippen LogP contribution is 2.33. The smallest absolute Gasteiger partial charge is 0.253 e. The summed E-state index contributed by atoms with van der Waals surface area (Å²) in [4.78, 5) is 23.4. The van der Waals surface area contributed by atoms with Crippen LogP contribution in [0.4, 0.5) is 0 Å². The van der Waals surface area contributed by atoms with E-state index in [9.17, 15) is 4.79 Å². The molecular weight excluding hydrogens is 490 g/mol. The zero-order valence-corrected chi connectivity index (χ0v) is 22.7. The zero-order valence-electron chi connectivity index (χ0n) is 22.7. The Morgan fingerprint density at radius 2 is 1.79 bits per heavy atom. The Hall–Kier alpha value is -4.37. The normalized spacial score (nSPS) is 12.6. The van der Waals surface area contributed by atoms with Gasteiger partial charge in [0.2, 0.25) is 0 Å². The van der Waals surface area contributed by atoms with Crippen molar-refractivity contribution in [3.8, 4) is 5.75 Å². The summed E-state index contributed by atoms with van der Waals surface area (Å²) in [6.07, 6.45) is 4.42. The maximum Gasteiger partial charge on any atom is 0.253 e. The van der Waals surface area contributed by atoms with Crippen molar-refractivity contribution in [3.05, 3.63) is 112 Å². The van der Waals surface area contributed by atoms with E-state index in [1.54, 1.807) is 13.3 Å². The molecule has 200 valence electrons. The number of hydrogen-bond donors (Lipinski definition) is 1. The fourth-order valence-electron chi connectivity index (χ4n) is 4.76. The molecule has 3 aromatic heterocycles. The summed E-state index contributed by atoms with van der Waals surface area (Å²) >= 11 is 0. The standard InChI is InChI=1S/C30H33N7O2/c1-5-30(2,3)37-28(33-34-35-37)27(25-17-23-16-24(39-4)13-14-26(23)32-29(25)38)36(19-21-10-7-6-8-11-21)20-22-12-9-15-31-18-22/h6-18,27H,5,19-20H2,1-4H3,(H,32,38). The minimum atomic E-state index is -0.550. The lowest BCUT2D eigenvalue weighted by Gasteiger charge is -2.33. The van der Waals surface area contributed by atoms with Gasteiger partial charge >= 0.3 is 0 Å². The number of benzene rings is 2. The van der Waals surface area contributed by atoms with E-state index >= 15 is 0 Å². The van der Waals surface area contributed by atoms with E-state index in [-0.39, 0.29) is 11.1 Å². The van der Waals surface area contributed by atoms with Gasteiger partial charge in [0, 0.05) is 41.9 Å². The van der Waals surface area contributed by atoms with Gasteiger partial charge in [-0.05, 0) is 72.2 Å². The Morgan fingerprint density at radius 1 is 1.03 bits per heavy atom. The first-order chi connectivity index (χ1) is 18.9. The van der Waals surface area contributed by atoms with Gasteiger partial charge < -0.3 is 9.72 Å². The first kappa shape index (κ1) is 26.2. The summed E-state index contributed by atoms with van der Waals surface area (Å²) in [5.41, 5.74) is 2.87. The van der Waals surface area contributed by atoms with E-state index in [0.717, 1.165) is 28.5 Å². The fourth-order valence-corrected chi connectivity index (χ4v) is 4.76. The number of nitrogens with one attached hydrogen (secondary N) is 1. The number of tetrazole rings is 1. The number of aromatic amines is 1. The molecule has 1 atom stereocenters. The van der Waals surface area contributed by atoms with Crippen molar-refractivity contribution in [2.45, 2.75) is 51.9 Å². The molecule has 0 saturated carbocycles. The van der Waals surface area contributed by atoms with Crippen LogP contribution in [0.2, 0.25) is 0 Å². The lowest BCUT2D eigenvalue weighted by Crippen LogP contribution is -2.38. The molecule has 0 bridgehead atoms. The second-order valence-corrected chi connectivity index (χ2v) is 10.3. The van der Waals surface area contributed by atoms with Crippen LogP contribution in [0.25, 0.3) is 10.9 Å². The number of H-pyrrole nitrogens is 1. The average molecular weight is 524 g/mol. The van der Waals surface area contributed by atoms with Crippen LogP contribution in [0.5, 0.6) is 5.75 Å². The molecule has 3 heterocycles. The van der Waals surface area contributed by atoms with Gasteiger partial charge in [0.25, 0.3) is 5.56 Å². The second kappa shape index (κ2) is 11.2. The lowest BCUT2D eigenvalue weighted by atomic mass is 9.98. The van der Waals surface area contributed by atoms with Gasteiger partial charge in [0.15, 0.2) is 5.82 Å². The fraction of sp³-hybridized carbons (Fsp3) is 0.300. The van der Waals surface area contributed by atoms with E-state index in [2.05, 4.69) is 63.3 Å². The van der Waals surface area contributed by atoms with Crippen LogP contribution in [0, 0.1) is 0 Å². The number of hydrogen-bond acceptors (Lipinski definition) is 7. The summed E-state index contributed by atoms with van der Waals surface area (Å²) < 4.78 is 7.32. The molecular formula is C30H33N7O2. The molecule has 0 aliphatic carbocycles. The number of fused-ring (bicyclic) bond motifs is 1. The number of rotatable bonds is 10. The molecule has 0 aliphatic rings. The quantitative estimate of drug-likeness (QED) is 0.279. The molecule has 0 radical (unpaired) electrons. The summed E-state index contributed by atoms with van der Waals surface area (Å²) in [7, 11) is 1.63. The first-order valence-corrected chi connectivity index (χ1v) is 13.1. The van der Waals surface area contributed by atoms with Crippen molar-refractivity contribution in [2.75, 3.05) is 7.11 Å². The second-order valence-electron chi connectivity index (χ2n) is 10.3. The Labute approximate surface area is 227 Å². The van der Waals surface area contributed by atoms with E-state index in [1.807, 2.05) is 65.5 Å². The van der Waals surface area contributed by atoms with Crippen LogP contribution in [-0.4, -0.2) is 42.2 Å². The number of pyridine rings is 2. The topological polar surface area (TPSA) is 102 Å². The minimum absolute atomic E-state index is 0.189. The monoisotopic (exact) mass is 523 g/mol. The van der Waals surface area contributed by atoms with E-state index < -0.39 is 6.04 Å². The van der Waals surface area contributed by atoms with Crippen LogP contribution < -0.4 is 10.3 Å². The molecule has 0 saturated heterocycles. The Bertz CT molecular complexity index is 1560. The molecule has 0 fully saturated rings. The first-order valence-electron chi connectivity index (χ1n) is 13.1. The predicted molar refractivity (Wildman–Crippen MR) is 150 cm³/mol. The van der Waals surface area contributed by atoms with Crippen LogP contribution in [-0.2, 0) is 18.6 Å². The molecule has 0 aliphatic heterocycles. The van der Waals surface area contributed by atoms with Gasteiger partial charge in [-0.2, -0.15) is 0 Å². The van der Waals surface area contributed by atoms with E-state index in [4.69, 9.17) is 4.74 Å². The molecule has 9 heteroatoms. The summed E-state index contributed by atoms with van der Waals surface area (Å²) in [6.45, 7) is 7.40. The van der Waals surface area contributed by atoms with Crippen LogP contribution in [0.3, 0.4) is 0 Å². The van der Waals surface area contributed by atoms with Gasteiger partial charge in [-0.1, -0.05) is 43.3 Å². The lowest BCUT2D eigenvalue weighted by molar-refractivity contribution is 0.180. The van der Waals surface area contributed by atoms with Crippen molar-refractivity contribution in [3.63, 3.8) is 0 Å². The van der Waals surface area contributed by atoms with Gasteiger partial charge in [0.05, 0.1) is 12.6 Å². The Balaban J connectivity index is 1.74. The van der Waals surface area contributed by atoms with Gasteiger partial charge in [-0.3, -0.25) is 14.7 Å². The highest BCUT2D eigenvalue weighted by molar-refractivity contribution is 5.80. The number of ether oxygens (including phenoxy) is 1. The van der Waals surface area contributed by atoms with Crippen molar-refractivity contribution >= 4 is 10.9 Å². The third-order valence-corrected chi connectivity index (χ3v) is 7.25. The molecule has 1 unspecified atom stereocenters. The van der Waals surface area contributed by atoms with Crippen molar-refractivity contribution in [1.29, 1.82) is 0 Å². The van der Waals surface area contributed by atoms with Crippen molar-refractivity contribution in [1.82, 2.24) is 35.1 Å². The largest absolute Gasteiger partial charge is 0.497 e. The molecule has 5 aromatic rings. The predicted octanol–water partition coefficient (Wildman–Crippen LogP) is 4.86. The van der Waals surface area contributed by atoms with E-state index in [1.165, 1.54) is 0 Å². The maximum atomic E-state index is 13.8. The van der Waals surface area contributed by atoms with Crippen LogP contribution in [0.1, 0.15) is 55.7 Å². The summed E-state index contributed by atoms with van der Waals surface area (Å²) in [5, 5.41) is 13.9. The molecule has 0 amide bonds. The average Bonchev–Trinajstić information content (AvgIpc) is 3.45. The minimum Gasteiger partial charge on any atom is -0.497 e.